The molecule has 0 bridgehead atoms. The number of pyridine rings is 1. The van der Waals surface area contributed by atoms with Gasteiger partial charge in [-0.2, -0.15) is 0 Å². The SMILES string of the molecule is C=C(CCCC)c1ccc(C(=C)/C=C\C=C/C)nc1. The summed E-state index contributed by atoms with van der Waals surface area (Å²) in [6.07, 6.45) is 13.2. The lowest BCUT2D eigenvalue weighted by Gasteiger charge is -2.06. The van der Waals surface area contributed by atoms with Crippen molar-refractivity contribution >= 4 is 11.1 Å². The Morgan fingerprint density at radius 1 is 1.26 bits per heavy atom. The maximum Gasteiger partial charge on any atom is 0.0696 e. The predicted molar refractivity (Wildman–Crippen MR) is 85.8 cm³/mol. The maximum atomic E-state index is 4.45. The summed E-state index contributed by atoms with van der Waals surface area (Å²) in [6, 6.07) is 4.09. The summed E-state index contributed by atoms with van der Waals surface area (Å²) in [5.74, 6) is 0. The van der Waals surface area contributed by atoms with E-state index in [1.165, 1.54) is 12.8 Å². The molecule has 1 aromatic rings. The second kappa shape index (κ2) is 8.25. The van der Waals surface area contributed by atoms with Crippen LogP contribution in [-0.4, -0.2) is 4.98 Å². The van der Waals surface area contributed by atoms with Gasteiger partial charge in [0.2, 0.25) is 0 Å². The van der Waals surface area contributed by atoms with Crippen molar-refractivity contribution in [3.63, 3.8) is 0 Å². The Balaban J connectivity index is 2.70. The fraction of sp³-hybridized carbons (Fsp3) is 0.278. The van der Waals surface area contributed by atoms with Crippen LogP contribution in [-0.2, 0) is 0 Å². The van der Waals surface area contributed by atoms with Crippen molar-refractivity contribution < 1.29 is 0 Å². The van der Waals surface area contributed by atoms with Gasteiger partial charge in [-0.05, 0) is 42.5 Å². The fourth-order valence-corrected chi connectivity index (χ4v) is 1.70. The zero-order valence-corrected chi connectivity index (χ0v) is 12.0. The molecule has 1 nitrogen and oxygen atoms in total. The Labute approximate surface area is 117 Å². The molecule has 19 heavy (non-hydrogen) atoms. The van der Waals surface area contributed by atoms with Crippen LogP contribution in [0, 0.1) is 0 Å². The first-order valence-electron chi connectivity index (χ1n) is 6.81. The lowest BCUT2D eigenvalue weighted by atomic mass is 10.0. The Hall–Kier alpha value is -1.89. The van der Waals surface area contributed by atoms with Crippen LogP contribution >= 0.6 is 0 Å². The molecule has 1 aromatic heterocycles. The summed E-state index contributed by atoms with van der Waals surface area (Å²) in [4.78, 5) is 4.45. The van der Waals surface area contributed by atoms with Gasteiger partial charge >= 0.3 is 0 Å². The van der Waals surface area contributed by atoms with Gasteiger partial charge in [0.1, 0.15) is 0 Å². The van der Waals surface area contributed by atoms with E-state index < -0.39 is 0 Å². The molecule has 0 unspecified atom stereocenters. The van der Waals surface area contributed by atoms with E-state index in [1.807, 2.05) is 43.5 Å². The number of allylic oxidation sites excluding steroid dienone is 6. The first-order chi connectivity index (χ1) is 9.19. The van der Waals surface area contributed by atoms with Crippen molar-refractivity contribution in [2.45, 2.75) is 33.1 Å². The normalized spacial score (nSPS) is 11.3. The van der Waals surface area contributed by atoms with Crippen molar-refractivity contribution in [2.75, 3.05) is 0 Å². The molecule has 0 amide bonds. The predicted octanol–water partition coefficient (Wildman–Crippen LogP) is 5.43. The quantitative estimate of drug-likeness (QED) is 0.590. The van der Waals surface area contributed by atoms with Crippen LogP contribution in [0.3, 0.4) is 0 Å². The summed E-state index contributed by atoms with van der Waals surface area (Å²) in [6.45, 7) is 12.3. The van der Waals surface area contributed by atoms with Gasteiger partial charge in [-0.15, -0.1) is 0 Å². The van der Waals surface area contributed by atoms with E-state index in [0.717, 1.165) is 28.8 Å². The van der Waals surface area contributed by atoms with Crippen molar-refractivity contribution in [2.24, 2.45) is 0 Å². The van der Waals surface area contributed by atoms with Gasteiger partial charge in [0, 0.05) is 6.20 Å². The molecule has 0 radical (unpaired) electrons. The molecule has 0 saturated carbocycles. The second-order valence-corrected chi connectivity index (χ2v) is 4.55. The van der Waals surface area contributed by atoms with E-state index >= 15 is 0 Å². The molecule has 0 fully saturated rings. The third-order valence-corrected chi connectivity index (χ3v) is 2.93. The molecule has 0 atom stereocenters. The van der Waals surface area contributed by atoms with Gasteiger partial charge in [0.15, 0.2) is 0 Å². The molecule has 0 saturated heterocycles. The van der Waals surface area contributed by atoms with Gasteiger partial charge in [-0.3, -0.25) is 4.98 Å². The summed E-state index contributed by atoms with van der Waals surface area (Å²) in [5.41, 5.74) is 4.12. The summed E-state index contributed by atoms with van der Waals surface area (Å²) in [7, 11) is 0. The monoisotopic (exact) mass is 253 g/mol. The topological polar surface area (TPSA) is 12.9 Å². The van der Waals surface area contributed by atoms with Crippen molar-refractivity contribution in [1.82, 2.24) is 4.98 Å². The Morgan fingerprint density at radius 2 is 2.05 bits per heavy atom. The van der Waals surface area contributed by atoms with Crippen molar-refractivity contribution in [3.8, 4) is 0 Å². The third kappa shape index (κ3) is 5.09. The minimum absolute atomic E-state index is 0.910. The van der Waals surface area contributed by atoms with Crippen LogP contribution in [0.1, 0.15) is 44.4 Å². The minimum Gasteiger partial charge on any atom is -0.256 e. The lowest BCUT2D eigenvalue weighted by Crippen LogP contribution is -1.89. The van der Waals surface area contributed by atoms with Crippen molar-refractivity contribution in [1.29, 1.82) is 0 Å². The van der Waals surface area contributed by atoms with Crippen molar-refractivity contribution in [3.05, 3.63) is 67.0 Å². The number of hydrogen-bond donors (Lipinski definition) is 0. The Morgan fingerprint density at radius 3 is 2.63 bits per heavy atom. The minimum atomic E-state index is 0.910. The number of rotatable bonds is 7. The molecule has 0 N–H and O–H groups in total. The smallest absolute Gasteiger partial charge is 0.0696 e. The molecule has 0 aromatic carbocycles. The number of nitrogens with zero attached hydrogens (tertiary/aromatic N) is 1. The third-order valence-electron chi connectivity index (χ3n) is 2.93. The molecular weight excluding hydrogens is 230 g/mol. The fourth-order valence-electron chi connectivity index (χ4n) is 1.70. The van der Waals surface area contributed by atoms with Gasteiger partial charge in [-0.25, -0.2) is 0 Å². The first-order valence-corrected chi connectivity index (χ1v) is 6.81. The number of unbranched alkanes of at least 4 members (excludes halogenated alkanes) is 1. The highest BCUT2D eigenvalue weighted by Gasteiger charge is 2.01. The average Bonchev–Trinajstić information content (AvgIpc) is 2.45. The highest BCUT2D eigenvalue weighted by Crippen LogP contribution is 2.19. The molecule has 0 aliphatic carbocycles. The van der Waals surface area contributed by atoms with Crippen LogP contribution in [0.2, 0.25) is 0 Å². The van der Waals surface area contributed by atoms with Gasteiger partial charge < -0.3 is 0 Å². The summed E-state index contributed by atoms with van der Waals surface area (Å²) in [5, 5.41) is 0. The first kappa shape index (κ1) is 15.2. The van der Waals surface area contributed by atoms with E-state index in [2.05, 4.69) is 31.1 Å². The Bertz CT molecular complexity index is 475. The maximum absolute atomic E-state index is 4.45. The van der Waals surface area contributed by atoms with Gasteiger partial charge in [0.25, 0.3) is 0 Å². The van der Waals surface area contributed by atoms with Gasteiger partial charge in [0.05, 0.1) is 5.69 Å². The second-order valence-electron chi connectivity index (χ2n) is 4.55. The van der Waals surface area contributed by atoms with Crippen LogP contribution in [0.25, 0.3) is 11.1 Å². The molecule has 0 aliphatic heterocycles. The molecular formula is C18H23N. The number of hydrogen-bond acceptors (Lipinski definition) is 1. The van der Waals surface area contributed by atoms with Crippen LogP contribution in [0.4, 0.5) is 0 Å². The van der Waals surface area contributed by atoms with E-state index in [-0.39, 0.29) is 0 Å². The molecule has 0 aliphatic rings. The largest absolute Gasteiger partial charge is 0.256 e. The zero-order chi connectivity index (χ0) is 14.1. The Kier molecular flexibility index (Phi) is 6.59. The zero-order valence-electron chi connectivity index (χ0n) is 12.0. The molecule has 0 spiro atoms. The average molecular weight is 253 g/mol. The van der Waals surface area contributed by atoms with E-state index in [4.69, 9.17) is 0 Å². The molecule has 1 heteroatoms. The summed E-state index contributed by atoms with van der Waals surface area (Å²) >= 11 is 0. The molecule has 1 rings (SSSR count). The highest BCUT2D eigenvalue weighted by molar-refractivity contribution is 5.71. The highest BCUT2D eigenvalue weighted by atomic mass is 14.7. The van der Waals surface area contributed by atoms with Gasteiger partial charge in [-0.1, -0.05) is 56.9 Å². The van der Waals surface area contributed by atoms with E-state index in [0.29, 0.717) is 0 Å². The lowest BCUT2D eigenvalue weighted by molar-refractivity contribution is 0.824. The van der Waals surface area contributed by atoms with Crippen LogP contribution in [0.5, 0.6) is 0 Å². The summed E-state index contributed by atoms with van der Waals surface area (Å²) < 4.78 is 0. The van der Waals surface area contributed by atoms with Crippen LogP contribution in [0.15, 0.2) is 55.8 Å². The number of aromatic nitrogens is 1. The standard InChI is InChI=1S/C18H23N/c1-5-7-9-11-16(4)18-13-12-17(14-19-18)15(3)10-8-6-2/h5,7,9,11-14H,3-4,6,8,10H2,1-2H3/b7-5-,11-9-. The molecule has 100 valence electrons. The van der Waals surface area contributed by atoms with E-state index in [9.17, 15) is 0 Å². The van der Waals surface area contributed by atoms with E-state index in [1.54, 1.807) is 0 Å². The molecule has 1 heterocycles. The van der Waals surface area contributed by atoms with Crippen LogP contribution < -0.4 is 0 Å².